The molecule has 1 N–H and O–H groups in total. The first kappa shape index (κ1) is 14.6. The zero-order valence-electron chi connectivity index (χ0n) is 11.6. The number of nitrogens with one attached hydrogen (secondary N) is 1. The summed E-state index contributed by atoms with van der Waals surface area (Å²) in [6.07, 6.45) is 2.50. The molecule has 0 amide bonds. The van der Waals surface area contributed by atoms with Crippen molar-refractivity contribution in [3.8, 4) is 5.88 Å². The van der Waals surface area contributed by atoms with E-state index in [0.717, 1.165) is 30.4 Å². The number of rotatable bonds is 1. The summed E-state index contributed by atoms with van der Waals surface area (Å²) in [5.41, 5.74) is 1.16. The van der Waals surface area contributed by atoms with Crippen LogP contribution in [0.15, 0.2) is 12.1 Å². The maximum Gasteiger partial charge on any atom is 0.219 e. The number of hydrogen-bond donors (Lipinski definition) is 1. The number of aromatic nitrogens is 1. The van der Waals surface area contributed by atoms with Crippen molar-refractivity contribution in [2.75, 3.05) is 18.1 Å². The fourth-order valence-electron chi connectivity index (χ4n) is 2.95. The van der Waals surface area contributed by atoms with Gasteiger partial charge in [0.1, 0.15) is 12.4 Å². The van der Waals surface area contributed by atoms with E-state index in [4.69, 9.17) is 9.72 Å². The first-order chi connectivity index (χ1) is 8.75. The molecule has 1 aromatic heterocycles. The lowest BCUT2D eigenvalue weighted by Gasteiger charge is -2.28. The average molecular weight is 328 g/mol. The predicted molar refractivity (Wildman–Crippen MR) is 82.4 cm³/mol. The van der Waals surface area contributed by atoms with E-state index in [2.05, 4.69) is 36.2 Å². The van der Waals surface area contributed by atoms with Gasteiger partial charge >= 0.3 is 0 Å². The predicted octanol–water partition coefficient (Wildman–Crippen LogP) is 2.52. The van der Waals surface area contributed by atoms with Crippen LogP contribution in [-0.4, -0.2) is 30.2 Å². The molecule has 106 valence electrons. The molecule has 0 radical (unpaired) electrons. The van der Waals surface area contributed by atoms with Crippen molar-refractivity contribution in [3.63, 3.8) is 0 Å². The van der Waals surface area contributed by atoms with Gasteiger partial charge < -0.3 is 15.0 Å². The SMILES string of the molecule is Br.CC1CCC(C)N1c1ccc2c(n1)OCCNC2. The molecule has 0 aromatic carbocycles. The third-order valence-electron chi connectivity index (χ3n) is 3.97. The van der Waals surface area contributed by atoms with Gasteiger partial charge in [0.25, 0.3) is 0 Å². The molecular weight excluding hydrogens is 306 g/mol. The van der Waals surface area contributed by atoms with Gasteiger partial charge in [-0.15, -0.1) is 17.0 Å². The largest absolute Gasteiger partial charge is 0.476 e. The molecule has 3 heterocycles. The molecule has 3 rings (SSSR count). The highest BCUT2D eigenvalue weighted by Gasteiger charge is 2.28. The number of nitrogens with zero attached hydrogens (tertiary/aromatic N) is 2. The first-order valence-corrected chi connectivity index (χ1v) is 6.87. The Morgan fingerprint density at radius 2 is 2.00 bits per heavy atom. The van der Waals surface area contributed by atoms with Gasteiger partial charge in [0.15, 0.2) is 0 Å². The van der Waals surface area contributed by atoms with Crippen molar-refractivity contribution >= 4 is 22.8 Å². The zero-order valence-corrected chi connectivity index (χ0v) is 13.3. The summed E-state index contributed by atoms with van der Waals surface area (Å²) in [6, 6.07) is 5.44. The maximum atomic E-state index is 5.72. The van der Waals surface area contributed by atoms with E-state index in [1.54, 1.807) is 0 Å². The van der Waals surface area contributed by atoms with Crippen LogP contribution in [0, 0.1) is 0 Å². The van der Waals surface area contributed by atoms with E-state index in [1.165, 1.54) is 12.8 Å². The fourth-order valence-corrected chi connectivity index (χ4v) is 2.95. The van der Waals surface area contributed by atoms with Crippen molar-refractivity contribution in [1.82, 2.24) is 10.3 Å². The quantitative estimate of drug-likeness (QED) is 0.860. The Morgan fingerprint density at radius 1 is 1.26 bits per heavy atom. The number of anilines is 1. The van der Waals surface area contributed by atoms with Gasteiger partial charge in [-0.05, 0) is 38.8 Å². The maximum absolute atomic E-state index is 5.72. The normalized spacial score (nSPS) is 26.1. The van der Waals surface area contributed by atoms with Gasteiger partial charge in [0.2, 0.25) is 5.88 Å². The number of ether oxygens (including phenoxy) is 1. The molecule has 2 aliphatic rings. The van der Waals surface area contributed by atoms with Crippen LogP contribution in [0.5, 0.6) is 5.88 Å². The highest BCUT2D eigenvalue weighted by atomic mass is 79.9. The zero-order chi connectivity index (χ0) is 12.5. The molecular formula is C14H22BrN3O. The Kier molecular flexibility index (Phi) is 4.68. The van der Waals surface area contributed by atoms with Gasteiger partial charge in [0.05, 0.1) is 0 Å². The van der Waals surface area contributed by atoms with Crippen molar-refractivity contribution in [2.24, 2.45) is 0 Å². The molecule has 0 spiro atoms. The van der Waals surface area contributed by atoms with Crippen molar-refractivity contribution in [2.45, 2.75) is 45.3 Å². The smallest absolute Gasteiger partial charge is 0.219 e. The third kappa shape index (κ3) is 2.87. The minimum atomic E-state index is 0. The second-order valence-corrected chi connectivity index (χ2v) is 5.34. The van der Waals surface area contributed by atoms with Crippen LogP contribution < -0.4 is 15.0 Å². The highest BCUT2D eigenvalue weighted by molar-refractivity contribution is 8.93. The molecule has 0 saturated carbocycles. The summed E-state index contributed by atoms with van der Waals surface area (Å²) in [6.45, 7) is 7.00. The van der Waals surface area contributed by atoms with Gasteiger partial charge in [0, 0.05) is 30.7 Å². The van der Waals surface area contributed by atoms with E-state index in [1.807, 2.05) is 0 Å². The lowest BCUT2D eigenvalue weighted by Crippen LogP contribution is -2.33. The summed E-state index contributed by atoms with van der Waals surface area (Å²) in [7, 11) is 0. The fraction of sp³-hybridized carbons (Fsp3) is 0.643. The van der Waals surface area contributed by atoms with E-state index in [9.17, 15) is 0 Å². The Labute approximate surface area is 125 Å². The molecule has 1 saturated heterocycles. The molecule has 5 heteroatoms. The molecule has 0 aliphatic carbocycles. The minimum Gasteiger partial charge on any atom is -0.476 e. The highest BCUT2D eigenvalue weighted by Crippen LogP contribution is 2.31. The van der Waals surface area contributed by atoms with Crippen LogP contribution in [0.4, 0.5) is 5.82 Å². The van der Waals surface area contributed by atoms with Crippen LogP contribution >= 0.6 is 17.0 Å². The minimum absolute atomic E-state index is 0. The summed E-state index contributed by atoms with van der Waals surface area (Å²) in [5, 5.41) is 3.33. The second-order valence-electron chi connectivity index (χ2n) is 5.34. The van der Waals surface area contributed by atoms with Crippen LogP contribution in [0.25, 0.3) is 0 Å². The Balaban J connectivity index is 0.00000133. The summed E-state index contributed by atoms with van der Waals surface area (Å²) in [5.74, 6) is 1.87. The Bertz CT molecular complexity index is 431. The molecule has 2 unspecified atom stereocenters. The van der Waals surface area contributed by atoms with E-state index >= 15 is 0 Å². The molecule has 1 aromatic rings. The van der Waals surface area contributed by atoms with Crippen LogP contribution in [0.2, 0.25) is 0 Å². The Hall–Kier alpha value is -0.810. The standard InChI is InChI=1S/C14H21N3O.BrH/c1-10-3-4-11(2)17(10)13-6-5-12-9-15-7-8-18-14(12)16-13;/h5-6,10-11,15H,3-4,7-9H2,1-2H3;1H. The number of fused-ring (bicyclic) bond motifs is 1. The monoisotopic (exact) mass is 327 g/mol. The van der Waals surface area contributed by atoms with Gasteiger partial charge in [-0.1, -0.05) is 0 Å². The van der Waals surface area contributed by atoms with Gasteiger partial charge in [-0.3, -0.25) is 0 Å². The number of pyridine rings is 1. The first-order valence-electron chi connectivity index (χ1n) is 6.87. The lowest BCUT2D eigenvalue weighted by molar-refractivity contribution is 0.314. The molecule has 19 heavy (non-hydrogen) atoms. The second kappa shape index (κ2) is 6.09. The van der Waals surface area contributed by atoms with Crippen molar-refractivity contribution in [1.29, 1.82) is 0 Å². The van der Waals surface area contributed by atoms with E-state index in [0.29, 0.717) is 18.7 Å². The van der Waals surface area contributed by atoms with Crippen LogP contribution in [0.3, 0.4) is 0 Å². The number of halogens is 1. The average Bonchev–Trinajstić information content (AvgIpc) is 2.59. The molecule has 2 atom stereocenters. The molecule has 1 fully saturated rings. The van der Waals surface area contributed by atoms with Crippen molar-refractivity contribution < 1.29 is 4.74 Å². The van der Waals surface area contributed by atoms with E-state index < -0.39 is 0 Å². The van der Waals surface area contributed by atoms with Crippen LogP contribution in [-0.2, 0) is 6.54 Å². The Morgan fingerprint density at radius 3 is 2.74 bits per heavy atom. The molecule has 2 aliphatic heterocycles. The molecule has 4 nitrogen and oxygen atoms in total. The molecule has 0 bridgehead atoms. The summed E-state index contributed by atoms with van der Waals surface area (Å²) < 4.78 is 5.72. The lowest BCUT2D eigenvalue weighted by atomic mass is 10.2. The summed E-state index contributed by atoms with van der Waals surface area (Å²) in [4.78, 5) is 7.14. The van der Waals surface area contributed by atoms with Crippen LogP contribution in [0.1, 0.15) is 32.3 Å². The topological polar surface area (TPSA) is 37.4 Å². The van der Waals surface area contributed by atoms with Crippen molar-refractivity contribution in [3.05, 3.63) is 17.7 Å². The summed E-state index contributed by atoms with van der Waals surface area (Å²) >= 11 is 0. The van der Waals surface area contributed by atoms with E-state index in [-0.39, 0.29) is 17.0 Å². The van der Waals surface area contributed by atoms with Gasteiger partial charge in [-0.25, -0.2) is 0 Å². The number of hydrogen-bond acceptors (Lipinski definition) is 4. The van der Waals surface area contributed by atoms with Gasteiger partial charge in [-0.2, -0.15) is 4.98 Å². The third-order valence-corrected chi connectivity index (χ3v) is 3.97.